The van der Waals surface area contributed by atoms with Crippen molar-refractivity contribution < 1.29 is 0 Å². The molecule has 3 heteroatoms. The summed E-state index contributed by atoms with van der Waals surface area (Å²) in [4.78, 5) is 7.37. The fourth-order valence-corrected chi connectivity index (χ4v) is 3.63. The summed E-state index contributed by atoms with van der Waals surface area (Å²) in [6.07, 6.45) is 3.74. The monoisotopic (exact) mass is 227 g/mol. The Balaban J connectivity index is 2.06. The molecule has 0 spiro atoms. The highest BCUT2D eigenvalue weighted by Gasteiger charge is 2.40. The lowest BCUT2D eigenvalue weighted by Gasteiger charge is -2.30. The molecule has 4 rings (SSSR count). The lowest BCUT2D eigenvalue weighted by atomic mass is 10.0. The number of likely N-dealkylation sites (N-methyl/N-ethyl adjacent to an activating group) is 1. The van der Waals surface area contributed by atoms with Crippen LogP contribution in [0.25, 0.3) is 5.65 Å². The Hall–Kier alpha value is -1.35. The number of fused-ring (bicyclic) bond motifs is 6. The molecule has 3 nitrogen and oxygen atoms in total. The summed E-state index contributed by atoms with van der Waals surface area (Å²) < 4.78 is 2.36. The average Bonchev–Trinajstić information content (AvgIpc) is 2.77. The van der Waals surface area contributed by atoms with Gasteiger partial charge in [-0.25, -0.2) is 4.98 Å². The molecule has 2 bridgehead atoms. The Morgan fingerprint density at radius 1 is 1.29 bits per heavy atom. The van der Waals surface area contributed by atoms with E-state index in [2.05, 4.69) is 41.5 Å². The van der Waals surface area contributed by atoms with Crippen molar-refractivity contribution in [2.45, 2.75) is 38.3 Å². The van der Waals surface area contributed by atoms with Crippen molar-refractivity contribution in [1.82, 2.24) is 14.3 Å². The van der Waals surface area contributed by atoms with Crippen LogP contribution in [0.15, 0.2) is 18.2 Å². The zero-order chi connectivity index (χ0) is 11.6. The van der Waals surface area contributed by atoms with Crippen LogP contribution in [0.3, 0.4) is 0 Å². The van der Waals surface area contributed by atoms with Crippen molar-refractivity contribution in [1.29, 1.82) is 0 Å². The predicted octanol–water partition coefficient (Wildman–Crippen LogP) is 2.33. The van der Waals surface area contributed by atoms with Crippen LogP contribution in [0.1, 0.15) is 36.0 Å². The minimum atomic E-state index is 0.583. The third-order valence-electron chi connectivity index (χ3n) is 4.54. The van der Waals surface area contributed by atoms with E-state index in [4.69, 9.17) is 4.98 Å². The number of aryl methyl sites for hydroxylation is 1. The second-order valence-electron chi connectivity index (χ2n) is 5.42. The Morgan fingerprint density at radius 3 is 3.06 bits per heavy atom. The van der Waals surface area contributed by atoms with E-state index in [1.807, 2.05) is 0 Å². The molecule has 0 N–H and O–H groups in total. The minimum Gasteiger partial charge on any atom is -0.299 e. The third-order valence-corrected chi connectivity index (χ3v) is 4.54. The molecule has 2 aromatic rings. The molecule has 0 aromatic carbocycles. The predicted molar refractivity (Wildman–Crippen MR) is 67.2 cm³/mol. The van der Waals surface area contributed by atoms with Crippen molar-refractivity contribution >= 4 is 5.65 Å². The van der Waals surface area contributed by atoms with Crippen LogP contribution in [0, 0.1) is 6.92 Å². The quantitative estimate of drug-likeness (QED) is 0.688. The van der Waals surface area contributed by atoms with Gasteiger partial charge in [0.25, 0.3) is 0 Å². The second kappa shape index (κ2) is 3.10. The normalized spacial score (nSPS) is 27.6. The fraction of sp³-hybridized carbons (Fsp3) is 0.500. The molecule has 0 amide bonds. The first-order valence-corrected chi connectivity index (χ1v) is 6.44. The molecule has 1 fully saturated rings. The molecule has 2 aliphatic heterocycles. The Bertz CT molecular complexity index is 599. The molecule has 0 saturated carbocycles. The van der Waals surface area contributed by atoms with Gasteiger partial charge in [0.1, 0.15) is 5.65 Å². The molecular formula is C14H17N3. The van der Waals surface area contributed by atoms with Gasteiger partial charge < -0.3 is 0 Å². The number of rotatable bonds is 0. The van der Waals surface area contributed by atoms with E-state index in [0.717, 1.165) is 18.1 Å². The van der Waals surface area contributed by atoms with Gasteiger partial charge in [0.05, 0.1) is 17.4 Å². The van der Waals surface area contributed by atoms with Gasteiger partial charge in [-0.05, 0) is 38.9 Å². The van der Waals surface area contributed by atoms with E-state index in [-0.39, 0.29) is 0 Å². The summed E-state index contributed by atoms with van der Waals surface area (Å²) in [5.74, 6) is 0. The number of nitrogens with zero attached hydrogens (tertiary/aromatic N) is 3. The first-order chi connectivity index (χ1) is 8.25. The van der Waals surface area contributed by atoms with Crippen molar-refractivity contribution in [2.24, 2.45) is 0 Å². The van der Waals surface area contributed by atoms with E-state index < -0.39 is 0 Å². The Morgan fingerprint density at radius 2 is 2.18 bits per heavy atom. The topological polar surface area (TPSA) is 20.5 Å². The first-order valence-electron chi connectivity index (χ1n) is 6.44. The van der Waals surface area contributed by atoms with Crippen LogP contribution < -0.4 is 0 Å². The van der Waals surface area contributed by atoms with Crippen molar-refractivity contribution in [3.63, 3.8) is 0 Å². The van der Waals surface area contributed by atoms with E-state index in [1.165, 1.54) is 29.9 Å². The van der Waals surface area contributed by atoms with E-state index in [1.54, 1.807) is 0 Å². The van der Waals surface area contributed by atoms with Gasteiger partial charge in [-0.1, -0.05) is 6.07 Å². The maximum absolute atomic E-state index is 4.83. The Kier molecular flexibility index (Phi) is 1.76. The number of aromatic nitrogens is 2. The maximum Gasteiger partial charge on any atom is 0.137 e. The largest absolute Gasteiger partial charge is 0.299 e. The van der Waals surface area contributed by atoms with Crippen molar-refractivity contribution in [3.8, 4) is 0 Å². The zero-order valence-corrected chi connectivity index (χ0v) is 10.3. The zero-order valence-electron chi connectivity index (χ0n) is 10.3. The van der Waals surface area contributed by atoms with Gasteiger partial charge >= 0.3 is 0 Å². The van der Waals surface area contributed by atoms with Crippen LogP contribution in [-0.2, 0) is 6.42 Å². The van der Waals surface area contributed by atoms with Crippen molar-refractivity contribution in [2.75, 3.05) is 7.05 Å². The minimum absolute atomic E-state index is 0.583. The number of pyridine rings is 1. The van der Waals surface area contributed by atoms with E-state index in [0.29, 0.717) is 6.04 Å². The van der Waals surface area contributed by atoms with Crippen LogP contribution in [0.5, 0.6) is 0 Å². The van der Waals surface area contributed by atoms with Gasteiger partial charge in [-0.3, -0.25) is 9.30 Å². The molecule has 0 radical (unpaired) electrons. The highest BCUT2D eigenvalue weighted by Crippen LogP contribution is 2.42. The summed E-state index contributed by atoms with van der Waals surface area (Å²) in [5.41, 5.74) is 5.21. The van der Waals surface area contributed by atoms with Crippen LogP contribution in [0.4, 0.5) is 0 Å². The molecule has 1 saturated heterocycles. The molecule has 17 heavy (non-hydrogen) atoms. The van der Waals surface area contributed by atoms with Gasteiger partial charge in [-0.2, -0.15) is 0 Å². The molecule has 2 aliphatic rings. The molecule has 2 unspecified atom stereocenters. The molecule has 88 valence electrons. The molecule has 0 aliphatic carbocycles. The lowest BCUT2D eigenvalue weighted by Crippen LogP contribution is -2.34. The van der Waals surface area contributed by atoms with E-state index >= 15 is 0 Å². The second-order valence-corrected chi connectivity index (χ2v) is 5.42. The molecule has 2 aromatic heterocycles. The third kappa shape index (κ3) is 1.12. The highest BCUT2D eigenvalue weighted by molar-refractivity contribution is 5.47. The van der Waals surface area contributed by atoms with Crippen LogP contribution in [-0.4, -0.2) is 27.4 Å². The molecule has 4 heterocycles. The standard InChI is InChI=1S/C14H17N3/c1-9-4-3-5-13-15-11-8-10-6-7-12(16(10)2)14(11)17(9)13/h3-5,10,12H,6-8H2,1-2H3. The molecular weight excluding hydrogens is 210 g/mol. The smallest absolute Gasteiger partial charge is 0.137 e. The average molecular weight is 227 g/mol. The summed E-state index contributed by atoms with van der Waals surface area (Å²) in [7, 11) is 2.27. The summed E-state index contributed by atoms with van der Waals surface area (Å²) in [5, 5.41) is 0. The Labute approximate surface area is 101 Å². The highest BCUT2D eigenvalue weighted by atomic mass is 15.2. The number of hydrogen-bond acceptors (Lipinski definition) is 2. The fourth-order valence-electron chi connectivity index (χ4n) is 3.63. The van der Waals surface area contributed by atoms with Crippen LogP contribution >= 0.6 is 0 Å². The summed E-state index contributed by atoms with van der Waals surface area (Å²) in [6, 6.07) is 7.71. The molecule has 2 atom stereocenters. The summed E-state index contributed by atoms with van der Waals surface area (Å²) in [6.45, 7) is 2.18. The van der Waals surface area contributed by atoms with Crippen LogP contribution in [0.2, 0.25) is 0 Å². The van der Waals surface area contributed by atoms with Gasteiger partial charge in [-0.15, -0.1) is 0 Å². The number of imidazole rings is 1. The summed E-state index contributed by atoms with van der Waals surface area (Å²) >= 11 is 0. The first kappa shape index (κ1) is 9.66. The van der Waals surface area contributed by atoms with E-state index in [9.17, 15) is 0 Å². The van der Waals surface area contributed by atoms with Crippen molar-refractivity contribution in [3.05, 3.63) is 35.3 Å². The number of hydrogen-bond donors (Lipinski definition) is 0. The van der Waals surface area contributed by atoms with Gasteiger partial charge in [0.2, 0.25) is 0 Å². The lowest BCUT2D eigenvalue weighted by molar-refractivity contribution is 0.218. The SMILES string of the molecule is Cc1cccc2nc3c(n12)C1CCC(C3)N1C. The van der Waals surface area contributed by atoms with Gasteiger partial charge in [0.15, 0.2) is 0 Å². The van der Waals surface area contributed by atoms with Gasteiger partial charge in [0, 0.05) is 18.2 Å². The maximum atomic E-state index is 4.83.